The Morgan fingerprint density at radius 3 is 2.77 bits per heavy atom. The quantitative estimate of drug-likeness (QED) is 0.576. The second-order valence-corrected chi connectivity index (χ2v) is 3.20. The van der Waals surface area contributed by atoms with E-state index in [1.165, 1.54) is 0 Å². The van der Waals surface area contributed by atoms with Crippen molar-refractivity contribution < 1.29 is 5.11 Å². The van der Waals surface area contributed by atoms with Crippen molar-refractivity contribution in [1.29, 1.82) is 0 Å². The average molecular weight is 196 g/mol. The van der Waals surface area contributed by atoms with Crippen molar-refractivity contribution in [3.63, 3.8) is 0 Å². The molecule has 0 spiro atoms. The fraction of sp³-hybridized carbons (Fsp3) is 0.222. The molecular formula is C9H12N2OS. The van der Waals surface area contributed by atoms with Gasteiger partial charge in [0.15, 0.2) is 4.77 Å². The summed E-state index contributed by atoms with van der Waals surface area (Å²) in [5.41, 5.74) is 1.35. The Labute approximate surface area is 82.0 Å². The Bertz CT molecular complexity index is 400. The minimum Gasteiger partial charge on any atom is -0.493 e. The van der Waals surface area contributed by atoms with Crippen LogP contribution in [0.15, 0.2) is 19.2 Å². The van der Waals surface area contributed by atoms with Gasteiger partial charge in [-0.15, -0.1) is 6.58 Å². The van der Waals surface area contributed by atoms with Crippen molar-refractivity contribution in [2.24, 2.45) is 0 Å². The summed E-state index contributed by atoms with van der Waals surface area (Å²) in [7, 11) is 0. The molecule has 0 fully saturated rings. The van der Waals surface area contributed by atoms with E-state index in [2.05, 4.69) is 18.1 Å². The van der Waals surface area contributed by atoms with Crippen LogP contribution in [-0.4, -0.2) is 14.7 Å². The Hall–Kier alpha value is -1.29. The number of H-pyrrole nitrogens is 1. The maximum atomic E-state index is 9.67. The number of allylic oxidation sites excluding steroid dienone is 2. The molecule has 0 saturated heterocycles. The third-order valence-electron chi connectivity index (χ3n) is 1.69. The van der Waals surface area contributed by atoms with Gasteiger partial charge in [-0.25, -0.2) is 0 Å². The first-order valence-corrected chi connectivity index (χ1v) is 4.27. The summed E-state index contributed by atoms with van der Waals surface area (Å²) in [6.07, 6.45) is 1.67. The van der Waals surface area contributed by atoms with Crippen molar-refractivity contribution in [2.45, 2.75) is 13.5 Å². The summed E-state index contributed by atoms with van der Waals surface area (Å²) >= 11 is 5.00. The molecule has 0 bridgehead atoms. The molecule has 0 aliphatic heterocycles. The molecule has 0 amide bonds. The van der Waals surface area contributed by atoms with E-state index in [4.69, 9.17) is 12.2 Å². The van der Waals surface area contributed by atoms with Crippen LogP contribution in [0.1, 0.15) is 12.6 Å². The molecule has 0 atom stereocenters. The molecule has 1 aromatic rings. The molecule has 0 radical (unpaired) electrons. The number of aromatic hydroxyl groups is 1. The summed E-state index contributed by atoms with van der Waals surface area (Å²) < 4.78 is 2.04. The maximum Gasteiger partial charge on any atom is 0.218 e. The van der Waals surface area contributed by atoms with Crippen LogP contribution in [0.4, 0.5) is 0 Å². The number of rotatable bonds is 3. The maximum absolute atomic E-state index is 9.67. The van der Waals surface area contributed by atoms with Crippen molar-refractivity contribution in [3.05, 3.63) is 29.7 Å². The number of imidazole rings is 1. The molecule has 2 N–H and O–H groups in total. The van der Waals surface area contributed by atoms with Crippen LogP contribution in [0.25, 0.3) is 5.57 Å². The predicted octanol–water partition coefficient (Wildman–Crippen LogP) is 2.47. The summed E-state index contributed by atoms with van der Waals surface area (Å²) in [6, 6.07) is 0. The van der Waals surface area contributed by atoms with E-state index in [0.717, 1.165) is 5.57 Å². The van der Waals surface area contributed by atoms with Crippen LogP contribution in [0.3, 0.4) is 0 Å². The van der Waals surface area contributed by atoms with Crippen molar-refractivity contribution in [2.75, 3.05) is 0 Å². The van der Waals surface area contributed by atoms with Gasteiger partial charge in [0.2, 0.25) is 5.88 Å². The lowest BCUT2D eigenvalue weighted by molar-refractivity contribution is 0.423. The Morgan fingerprint density at radius 2 is 2.38 bits per heavy atom. The topological polar surface area (TPSA) is 41.0 Å². The normalized spacial score (nSPS) is 9.92. The van der Waals surface area contributed by atoms with E-state index in [1.54, 1.807) is 17.6 Å². The fourth-order valence-electron chi connectivity index (χ4n) is 1.06. The lowest BCUT2D eigenvalue weighted by Gasteiger charge is -1.99. The molecule has 0 aliphatic carbocycles. The van der Waals surface area contributed by atoms with Gasteiger partial charge in [0.25, 0.3) is 0 Å². The van der Waals surface area contributed by atoms with Gasteiger partial charge in [0.05, 0.1) is 0 Å². The molecule has 0 saturated carbocycles. The van der Waals surface area contributed by atoms with E-state index in [0.29, 0.717) is 17.0 Å². The second kappa shape index (κ2) is 3.62. The first-order valence-electron chi connectivity index (χ1n) is 3.86. The zero-order valence-corrected chi connectivity index (χ0v) is 8.32. The minimum atomic E-state index is 0.123. The second-order valence-electron chi connectivity index (χ2n) is 2.81. The largest absolute Gasteiger partial charge is 0.493 e. The van der Waals surface area contributed by atoms with Crippen molar-refractivity contribution in [1.82, 2.24) is 9.55 Å². The first kappa shape index (κ1) is 9.80. The first-order chi connectivity index (χ1) is 6.07. The van der Waals surface area contributed by atoms with Gasteiger partial charge in [-0.05, 0) is 24.7 Å². The lowest BCUT2D eigenvalue weighted by Crippen LogP contribution is -1.93. The summed E-state index contributed by atoms with van der Waals surface area (Å²) in [4.78, 5) is 2.88. The molecule has 0 aromatic carbocycles. The zero-order chi connectivity index (χ0) is 10.0. The molecule has 13 heavy (non-hydrogen) atoms. The van der Waals surface area contributed by atoms with Gasteiger partial charge in [-0.1, -0.05) is 12.7 Å². The summed E-state index contributed by atoms with van der Waals surface area (Å²) in [5.74, 6) is 0.123. The molecule has 3 nitrogen and oxygen atoms in total. The Morgan fingerprint density at radius 1 is 1.77 bits per heavy atom. The number of nitrogens with one attached hydrogen (secondary N) is 1. The van der Waals surface area contributed by atoms with E-state index in [1.807, 2.05) is 0 Å². The number of hydrogen-bond acceptors (Lipinski definition) is 2. The highest BCUT2D eigenvalue weighted by Crippen LogP contribution is 2.22. The van der Waals surface area contributed by atoms with Crippen molar-refractivity contribution in [3.8, 4) is 5.88 Å². The molecule has 0 aliphatic rings. The molecule has 4 heteroatoms. The minimum absolute atomic E-state index is 0.123. The third kappa shape index (κ3) is 1.72. The number of aromatic amines is 1. The molecule has 0 unspecified atom stereocenters. The van der Waals surface area contributed by atoms with E-state index in [-0.39, 0.29) is 5.88 Å². The Balaban J connectivity index is 3.30. The monoisotopic (exact) mass is 196 g/mol. The summed E-state index contributed by atoms with van der Waals surface area (Å²) in [6.45, 7) is 9.60. The fourth-order valence-corrected chi connectivity index (χ4v) is 1.32. The van der Waals surface area contributed by atoms with Crippen LogP contribution in [0.5, 0.6) is 5.88 Å². The molecule has 1 rings (SSSR count). The lowest BCUT2D eigenvalue weighted by atomic mass is 10.2. The van der Waals surface area contributed by atoms with Crippen LogP contribution in [0, 0.1) is 4.77 Å². The molecular weight excluding hydrogens is 184 g/mol. The average Bonchev–Trinajstić information content (AvgIpc) is 2.32. The van der Waals surface area contributed by atoms with Gasteiger partial charge in [-0.2, -0.15) is 0 Å². The SMILES string of the molecule is C=CCn1c(O)c(C(=C)C)[nH]c1=S. The van der Waals surface area contributed by atoms with Gasteiger partial charge in [0, 0.05) is 6.54 Å². The highest BCUT2D eigenvalue weighted by atomic mass is 32.1. The molecule has 1 heterocycles. The molecule has 70 valence electrons. The van der Waals surface area contributed by atoms with Crippen LogP contribution in [0.2, 0.25) is 0 Å². The van der Waals surface area contributed by atoms with Gasteiger partial charge >= 0.3 is 0 Å². The third-order valence-corrected chi connectivity index (χ3v) is 2.02. The van der Waals surface area contributed by atoms with E-state index < -0.39 is 0 Å². The van der Waals surface area contributed by atoms with Crippen LogP contribution < -0.4 is 0 Å². The van der Waals surface area contributed by atoms with E-state index in [9.17, 15) is 5.11 Å². The van der Waals surface area contributed by atoms with Crippen molar-refractivity contribution >= 4 is 17.8 Å². The summed E-state index contributed by atoms with van der Waals surface area (Å²) in [5, 5.41) is 9.67. The van der Waals surface area contributed by atoms with Gasteiger partial charge < -0.3 is 10.1 Å². The number of aromatic nitrogens is 2. The van der Waals surface area contributed by atoms with Crippen LogP contribution in [-0.2, 0) is 6.54 Å². The van der Waals surface area contributed by atoms with Gasteiger partial charge in [0.1, 0.15) is 5.69 Å². The Kier molecular flexibility index (Phi) is 2.72. The van der Waals surface area contributed by atoms with E-state index >= 15 is 0 Å². The van der Waals surface area contributed by atoms with Gasteiger partial charge in [-0.3, -0.25) is 4.57 Å². The zero-order valence-electron chi connectivity index (χ0n) is 7.50. The standard InChI is InChI=1S/C9H12N2OS/c1-4-5-11-8(12)7(6(2)3)10-9(11)13/h4,12H,1-2,5H2,3H3,(H,10,13). The highest BCUT2D eigenvalue weighted by molar-refractivity contribution is 7.71. The molecule has 1 aromatic heterocycles. The predicted molar refractivity (Wildman–Crippen MR) is 56.2 cm³/mol. The number of nitrogens with zero attached hydrogens (tertiary/aromatic N) is 1. The smallest absolute Gasteiger partial charge is 0.218 e. The van der Waals surface area contributed by atoms with Crippen LogP contribution >= 0.6 is 12.2 Å². The highest BCUT2D eigenvalue weighted by Gasteiger charge is 2.09. The number of hydrogen-bond donors (Lipinski definition) is 2.